The quantitative estimate of drug-likeness (QED) is 0.557. The van der Waals surface area contributed by atoms with E-state index in [4.69, 9.17) is 32.7 Å². The van der Waals surface area contributed by atoms with Gasteiger partial charge in [-0.15, -0.1) is 0 Å². The summed E-state index contributed by atoms with van der Waals surface area (Å²) in [7, 11) is 0. The van der Waals surface area contributed by atoms with Gasteiger partial charge in [-0.25, -0.2) is 4.68 Å². The van der Waals surface area contributed by atoms with Gasteiger partial charge in [-0.2, -0.15) is 5.10 Å². The molecule has 4 rings (SSSR count). The van der Waals surface area contributed by atoms with E-state index in [0.717, 1.165) is 17.8 Å². The monoisotopic (exact) mass is 445 g/mol. The van der Waals surface area contributed by atoms with E-state index in [9.17, 15) is 4.79 Å². The van der Waals surface area contributed by atoms with Crippen molar-refractivity contribution in [3.05, 3.63) is 63.9 Å². The molecule has 0 unspecified atom stereocenters. The number of hydrogen-bond acceptors (Lipinski definition) is 4. The van der Waals surface area contributed by atoms with Crippen LogP contribution in [0.2, 0.25) is 10.0 Å². The summed E-state index contributed by atoms with van der Waals surface area (Å²) in [4.78, 5) is 13.1. The van der Waals surface area contributed by atoms with Gasteiger partial charge < -0.3 is 14.8 Å². The molecule has 2 heterocycles. The Kier molecular flexibility index (Phi) is 5.88. The van der Waals surface area contributed by atoms with Crippen LogP contribution in [0.1, 0.15) is 42.2 Å². The standard InChI is InChI=1S/C22H21Cl2N3O3/c1-13(2)21-16(12-25-27(21)15-6-3-5-14(23)9-15)22(28)26-18-11-20-19(10-17(18)24)29-7-4-8-30-20/h3,5-6,9-13H,4,7-8H2,1-2H3,(H,26,28). The van der Waals surface area contributed by atoms with E-state index >= 15 is 0 Å². The van der Waals surface area contributed by atoms with Crippen molar-refractivity contribution < 1.29 is 14.3 Å². The Labute approximate surface area is 184 Å². The molecule has 3 aromatic rings. The molecule has 1 amide bonds. The molecule has 1 N–H and O–H groups in total. The topological polar surface area (TPSA) is 65.4 Å². The van der Waals surface area contributed by atoms with Crippen LogP contribution in [0.3, 0.4) is 0 Å². The number of fused-ring (bicyclic) bond motifs is 1. The lowest BCUT2D eigenvalue weighted by Gasteiger charge is -2.15. The highest BCUT2D eigenvalue weighted by atomic mass is 35.5. The van der Waals surface area contributed by atoms with Crippen molar-refractivity contribution in [2.45, 2.75) is 26.2 Å². The minimum Gasteiger partial charge on any atom is -0.490 e. The molecule has 2 aromatic carbocycles. The van der Waals surface area contributed by atoms with Crippen LogP contribution in [0, 0.1) is 0 Å². The fourth-order valence-corrected chi connectivity index (χ4v) is 3.76. The van der Waals surface area contributed by atoms with Gasteiger partial charge in [-0.1, -0.05) is 43.1 Å². The van der Waals surface area contributed by atoms with E-state index in [0.29, 0.717) is 46.0 Å². The molecule has 1 aromatic heterocycles. The molecule has 30 heavy (non-hydrogen) atoms. The Morgan fingerprint density at radius 1 is 1.13 bits per heavy atom. The Bertz CT molecular complexity index is 1100. The van der Waals surface area contributed by atoms with Gasteiger partial charge in [0.1, 0.15) is 0 Å². The van der Waals surface area contributed by atoms with Crippen molar-refractivity contribution in [1.82, 2.24) is 9.78 Å². The summed E-state index contributed by atoms with van der Waals surface area (Å²) in [5.74, 6) is 0.882. The highest BCUT2D eigenvalue weighted by Gasteiger charge is 2.23. The van der Waals surface area contributed by atoms with Gasteiger partial charge in [0.15, 0.2) is 11.5 Å². The number of amides is 1. The number of nitrogens with one attached hydrogen (secondary N) is 1. The molecule has 6 nitrogen and oxygen atoms in total. The highest BCUT2D eigenvalue weighted by molar-refractivity contribution is 6.34. The van der Waals surface area contributed by atoms with Crippen LogP contribution < -0.4 is 14.8 Å². The lowest BCUT2D eigenvalue weighted by Crippen LogP contribution is -2.16. The molecule has 156 valence electrons. The van der Waals surface area contributed by atoms with E-state index in [1.54, 1.807) is 29.1 Å². The first-order valence-corrected chi connectivity index (χ1v) is 10.4. The van der Waals surface area contributed by atoms with Crippen LogP contribution in [0.5, 0.6) is 11.5 Å². The van der Waals surface area contributed by atoms with Crippen molar-refractivity contribution in [2.24, 2.45) is 0 Å². The van der Waals surface area contributed by atoms with Crippen LogP contribution in [0.4, 0.5) is 5.69 Å². The van der Waals surface area contributed by atoms with Crippen LogP contribution in [0.15, 0.2) is 42.6 Å². The second-order valence-electron chi connectivity index (χ2n) is 7.27. The smallest absolute Gasteiger partial charge is 0.259 e. The number of carbonyl (C=O) groups excluding carboxylic acids is 1. The molecule has 0 fully saturated rings. The first-order chi connectivity index (χ1) is 14.4. The maximum Gasteiger partial charge on any atom is 0.259 e. The molecule has 8 heteroatoms. The average Bonchev–Trinajstić information content (AvgIpc) is 3.04. The number of anilines is 1. The highest BCUT2D eigenvalue weighted by Crippen LogP contribution is 2.38. The Morgan fingerprint density at radius 2 is 1.87 bits per heavy atom. The SMILES string of the molecule is CC(C)c1c(C(=O)Nc2cc3c(cc2Cl)OCCCO3)cnn1-c1cccc(Cl)c1. The number of halogens is 2. The molecule has 0 saturated carbocycles. The maximum atomic E-state index is 13.1. The van der Waals surface area contributed by atoms with E-state index in [2.05, 4.69) is 10.4 Å². The van der Waals surface area contributed by atoms with Gasteiger partial charge in [0.25, 0.3) is 5.91 Å². The fraction of sp³-hybridized carbons (Fsp3) is 0.273. The first kappa shape index (κ1) is 20.6. The average molecular weight is 446 g/mol. The molecule has 0 bridgehead atoms. The van der Waals surface area contributed by atoms with Gasteiger partial charge in [0, 0.05) is 23.6 Å². The zero-order valence-corrected chi connectivity index (χ0v) is 18.1. The number of benzene rings is 2. The zero-order valence-electron chi connectivity index (χ0n) is 16.6. The third-order valence-corrected chi connectivity index (χ3v) is 5.28. The number of carbonyl (C=O) groups is 1. The van der Waals surface area contributed by atoms with Gasteiger partial charge >= 0.3 is 0 Å². The molecular formula is C22H21Cl2N3O3. The van der Waals surface area contributed by atoms with Crippen molar-refractivity contribution in [3.8, 4) is 17.2 Å². The number of rotatable bonds is 4. The minimum absolute atomic E-state index is 0.0477. The molecular weight excluding hydrogens is 425 g/mol. The van der Waals surface area contributed by atoms with Crippen LogP contribution in [-0.4, -0.2) is 28.9 Å². The minimum atomic E-state index is -0.302. The molecule has 1 aliphatic heterocycles. The Morgan fingerprint density at radius 3 is 2.57 bits per heavy atom. The second-order valence-corrected chi connectivity index (χ2v) is 8.12. The maximum absolute atomic E-state index is 13.1. The summed E-state index contributed by atoms with van der Waals surface area (Å²) in [6.45, 7) is 5.13. The Balaban J connectivity index is 1.67. The molecule has 0 spiro atoms. The van der Waals surface area contributed by atoms with Crippen molar-refractivity contribution >= 4 is 34.8 Å². The third kappa shape index (κ3) is 4.11. The number of nitrogens with zero attached hydrogens (tertiary/aromatic N) is 2. The molecule has 1 aliphatic rings. The van der Waals surface area contributed by atoms with Crippen LogP contribution in [-0.2, 0) is 0 Å². The molecule has 0 saturated heterocycles. The van der Waals surface area contributed by atoms with E-state index in [1.807, 2.05) is 32.0 Å². The van der Waals surface area contributed by atoms with Crippen molar-refractivity contribution in [2.75, 3.05) is 18.5 Å². The van der Waals surface area contributed by atoms with Crippen LogP contribution >= 0.6 is 23.2 Å². The number of ether oxygens (including phenoxy) is 2. The lowest BCUT2D eigenvalue weighted by atomic mass is 10.0. The predicted octanol–water partition coefficient (Wildman–Crippen LogP) is 5.72. The van der Waals surface area contributed by atoms with E-state index < -0.39 is 0 Å². The van der Waals surface area contributed by atoms with E-state index in [-0.39, 0.29) is 11.8 Å². The van der Waals surface area contributed by atoms with Gasteiger partial charge in [-0.3, -0.25) is 4.79 Å². The van der Waals surface area contributed by atoms with Crippen LogP contribution in [0.25, 0.3) is 5.69 Å². The number of hydrogen-bond donors (Lipinski definition) is 1. The zero-order chi connectivity index (χ0) is 21.3. The first-order valence-electron chi connectivity index (χ1n) is 9.68. The summed E-state index contributed by atoms with van der Waals surface area (Å²) >= 11 is 12.5. The van der Waals surface area contributed by atoms with Gasteiger partial charge in [-0.05, 0) is 24.1 Å². The summed E-state index contributed by atoms with van der Waals surface area (Å²) in [6, 6.07) is 10.7. The number of aromatic nitrogens is 2. The summed E-state index contributed by atoms with van der Waals surface area (Å²) < 4.78 is 13.1. The van der Waals surface area contributed by atoms with Gasteiger partial charge in [0.2, 0.25) is 0 Å². The fourth-order valence-electron chi connectivity index (χ4n) is 3.37. The summed E-state index contributed by atoms with van der Waals surface area (Å²) in [5, 5.41) is 8.29. The summed E-state index contributed by atoms with van der Waals surface area (Å²) in [5.41, 5.74) is 2.49. The predicted molar refractivity (Wildman–Crippen MR) is 118 cm³/mol. The molecule has 0 radical (unpaired) electrons. The largest absolute Gasteiger partial charge is 0.490 e. The Hall–Kier alpha value is -2.70. The second kappa shape index (κ2) is 8.58. The summed E-state index contributed by atoms with van der Waals surface area (Å²) in [6.07, 6.45) is 2.34. The molecule has 0 atom stereocenters. The van der Waals surface area contributed by atoms with Crippen molar-refractivity contribution in [1.29, 1.82) is 0 Å². The molecule has 0 aliphatic carbocycles. The lowest BCUT2D eigenvalue weighted by molar-refractivity contribution is 0.102. The van der Waals surface area contributed by atoms with Crippen molar-refractivity contribution in [3.63, 3.8) is 0 Å². The van der Waals surface area contributed by atoms with E-state index in [1.165, 1.54) is 0 Å². The van der Waals surface area contributed by atoms with Gasteiger partial charge in [0.05, 0.1) is 47.1 Å². The normalized spacial score (nSPS) is 13.2. The third-order valence-electron chi connectivity index (χ3n) is 4.74.